The topological polar surface area (TPSA) is 66.4 Å². The molecular weight excluding hydrogens is 491 g/mol. The van der Waals surface area contributed by atoms with E-state index in [9.17, 15) is 9.59 Å². The lowest BCUT2D eigenvalue weighted by Crippen LogP contribution is -2.60. The Bertz CT molecular complexity index is 1060. The molecular formula is C22H23Cl3N4O2S. The molecule has 0 saturated carbocycles. The summed E-state index contributed by atoms with van der Waals surface area (Å²) < 4.78 is 0.0581. The van der Waals surface area contributed by atoms with Crippen LogP contribution in [0.2, 0.25) is 0 Å². The number of amides is 1. The van der Waals surface area contributed by atoms with E-state index in [0.717, 1.165) is 17.7 Å². The second kappa shape index (κ2) is 9.59. The highest BCUT2D eigenvalue weighted by Crippen LogP contribution is 2.35. The number of benzene rings is 1. The van der Waals surface area contributed by atoms with E-state index in [2.05, 4.69) is 10.6 Å². The minimum Gasteiger partial charge on any atom is -0.348 e. The number of likely N-dealkylation sites (tertiary alicyclic amines) is 1. The van der Waals surface area contributed by atoms with E-state index in [0.29, 0.717) is 30.7 Å². The summed E-state index contributed by atoms with van der Waals surface area (Å²) in [7, 11) is 0. The van der Waals surface area contributed by atoms with Gasteiger partial charge in [0.25, 0.3) is 5.56 Å². The van der Waals surface area contributed by atoms with Crippen LogP contribution in [0.25, 0.3) is 0 Å². The molecule has 10 heteroatoms. The van der Waals surface area contributed by atoms with E-state index >= 15 is 0 Å². The van der Waals surface area contributed by atoms with Crippen molar-refractivity contribution in [1.29, 1.82) is 0 Å². The first kappa shape index (κ1) is 23.4. The van der Waals surface area contributed by atoms with E-state index in [-0.39, 0.29) is 23.8 Å². The summed E-state index contributed by atoms with van der Waals surface area (Å²) in [5.41, 5.74) is 1.91. The zero-order valence-electron chi connectivity index (χ0n) is 17.1. The average molecular weight is 514 g/mol. The number of hydrogen-bond donors (Lipinski definition) is 2. The lowest BCUT2D eigenvalue weighted by Gasteiger charge is -2.44. The highest BCUT2D eigenvalue weighted by atomic mass is 35.6. The van der Waals surface area contributed by atoms with Crippen molar-refractivity contribution in [2.45, 2.75) is 35.3 Å². The van der Waals surface area contributed by atoms with Crippen molar-refractivity contribution in [2.24, 2.45) is 5.92 Å². The fourth-order valence-corrected chi connectivity index (χ4v) is 5.06. The first-order chi connectivity index (χ1) is 15.2. The highest BCUT2D eigenvalue weighted by molar-refractivity contribution is 7.80. The lowest BCUT2D eigenvalue weighted by molar-refractivity contribution is -0.121. The molecule has 0 unspecified atom stereocenters. The number of fused-ring (bicyclic) bond motifs is 4. The zero-order chi connectivity index (χ0) is 22.9. The molecule has 3 heterocycles. The van der Waals surface area contributed by atoms with E-state index in [4.69, 9.17) is 47.0 Å². The molecule has 1 aromatic carbocycles. The van der Waals surface area contributed by atoms with Gasteiger partial charge >= 0.3 is 0 Å². The summed E-state index contributed by atoms with van der Waals surface area (Å²) in [6.07, 6.45) is 0.170. The molecule has 4 rings (SSSR count). The lowest BCUT2D eigenvalue weighted by atomic mass is 9.83. The number of thiocarbonyl (C=S) groups is 1. The maximum absolute atomic E-state index is 12.5. The Morgan fingerprint density at radius 2 is 1.81 bits per heavy atom. The van der Waals surface area contributed by atoms with Crippen LogP contribution in [0.1, 0.15) is 23.6 Å². The van der Waals surface area contributed by atoms with E-state index in [1.807, 2.05) is 45.9 Å². The van der Waals surface area contributed by atoms with Gasteiger partial charge in [0, 0.05) is 37.3 Å². The van der Waals surface area contributed by atoms with Crippen molar-refractivity contribution in [3.8, 4) is 0 Å². The number of aromatic nitrogens is 1. The van der Waals surface area contributed by atoms with Crippen molar-refractivity contribution >= 4 is 58.0 Å². The van der Waals surface area contributed by atoms with Gasteiger partial charge in [-0.05, 0) is 36.2 Å². The highest BCUT2D eigenvalue weighted by Gasteiger charge is 2.38. The molecule has 0 aliphatic carbocycles. The number of piperidine rings is 1. The van der Waals surface area contributed by atoms with Gasteiger partial charge in [0.05, 0.1) is 6.42 Å². The van der Waals surface area contributed by atoms with Gasteiger partial charge in [-0.3, -0.25) is 9.59 Å². The molecule has 1 fully saturated rings. The predicted octanol–water partition coefficient (Wildman–Crippen LogP) is 3.20. The normalized spacial score (nSPS) is 20.8. The van der Waals surface area contributed by atoms with Crippen LogP contribution in [0.5, 0.6) is 0 Å². The van der Waals surface area contributed by atoms with Crippen LogP contribution < -0.4 is 16.2 Å². The Labute approximate surface area is 206 Å². The van der Waals surface area contributed by atoms with Crippen molar-refractivity contribution < 1.29 is 4.79 Å². The van der Waals surface area contributed by atoms with Gasteiger partial charge in [-0.25, -0.2) is 0 Å². The molecule has 0 radical (unpaired) electrons. The number of nitrogens with zero attached hydrogens (tertiary/aromatic N) is 2. The fraction of sp³-hybridized carbons (Fsp3) is 0.409. The fourth-order valence-electron chi connectivity index (χ4n) is 4.47. The first-order valence-electron chi connectivity index (χ1n) is 10.4. The molecule has 32 heavy (non-hydrogen) atoms. The number of nitrogens with one attached hydrogen (secondary N) is 2. The second-order valence-corrected chi connectivity index (χ2v) is 11.0. The van der Waals surface area contributed by atoms with Crippen molar-refractivity contribution in [2.75, 3.05) is 13.1 Å². The van der Waals surface area contributed by atoms with E-state index in [1.54, 1.807) is 12.1 Å². The van der Waals surface area contributed by atoms with Crippen LogP contribution in [0.3, 0.4) is 0 Å². The minimum atomic E-state index is -1.80. The van der Waals surface area contributed by atoms with Crippen molar-refractivity contribution in [3.05, 3.63) is 70.1 Å². The van der Waals surface area contributed by atoms with Gasteiger partial charge in [-0.2, -0.15) is 0 Å². The molecule has 1 saturated heterocycles. The van der Waals surface area contributed by atoms with Gasteiger partial charge < -0.3 is 20.1 Å². The molecule has 0 spiro atoms. The number of halogens is 3. The third-order valence-electron chi connectivity index (χ3n) is 5.87. The summed E-state index contributed by atoms with van der Waals surface area (Å²) in [6, 6.07) is 14.7. The number of carbonyl (C=O) groups is 1. The molecule has 1 aromatic heterocycles. The number of carbonyl (C=O) groups excluding carboxylic acids is 1. The van der Waals surface area contributed by atoms with Gasteiger partial charge in [0.2, 0.25) is 9.70 Å². The van der Waals surface area contributed by atoms with Crippen LogP contribution in [0.15, 0.2) is 53.3 Å². The predicted molar refractivity (Wildman–Crippen MR) is 131 cm³/mol. The molecule has 1 amide bonds. The van der Waals surface area contributed by atoms with Crippen LogP contribution in [-0.4, -0.2) is 43.5 Å². The maximum atomic E-state index is 12.5. The number of alkyl halides is 3. The largest absolute Gasteiger partial charge is 0.348 e. The molecule has 2 bridgehead atoms. The third kappa shape index (κ3) is 5.39. The molecule has 2 aromatic rings. The summed E-state index contributed by atoms with van der Waals surface area (Å²) in [5, 5.41) is 6.18. The molecule has 2 aliphatic heterocycles. The molecule has 2 N–H and O–H groups in total. The standard InChI is InChI=1S/C22H23Cl3N4O2S/c23-22(24,25)20(26-18(30)10-14-5-2-1-3-6-14)27-21(32)28-11-15-9-16(13-28)17-7-4-8-19(31)29(17)12-15/h1-8,15-16,20H,9-13H2,(H,26,30)(H,27,32)/t15-,16-,20+/m1/s1. The van der Waals surface area contributed by atoms with Crippen LogP contribution in [-0.2, 0) is 17.8 Å². The van der Waals surface area contributed by atoms with Crippen LogP contribution in [0.4, 0.5) is 0 Å². The van der Waals surface area contributed by atoms with Gasteiger partial charge in [-0.15, -0.1) is 0 Å². The minimum absolute atomic E-state index is 0.0312. The average Bonchev–Trinajstić information content (AvgIpc) is 2.74. The van der Waals surface area contributed by atoms with Crippen molar-refractivity contribution in [3.63, 3.8) is 0 Å². The summed E-state index contributed by atoms with van der Waals surface area (Å²) in [4.78, 5) is 26.8. The Kier molecular flexibility index (Phi) is 7.00. The number of hydrogen-bond acceptors (Lipinski definition) is 3. The van der Waals surface area contributed by atoms with Crippen LogP contribution in [0, 0.1) is 5.92 Å². The third-order valence-corrected chi connectivity index (χ3v) is 6.91. The molecule has 3 atom stereocenters. The van der Waals surface area contributed by atoms with Crippen molar-refractivity contribution in [1.82, 2.24) is 20.1 Å². The Hall–Kier alpha value is -1.80. The Balaban J connectivity index is 1.43. The van der Waals surface area contributed by atoms with Crippen LogP contribution >= 0.6 is 47.0 Å². The smallest absolute Gasteiger partial charge is 0.250 e. The maximum Gasteiger partial charge on any atom is 0.250 e. The SMILES string of the molecule is O=C(Cc1ccccc1)N[C@@H](NC(=S)N1C[C@H]2C[C@H](C1)c1cccc(=O)n1C2)C(Cl)(Cl)Cl. The quantitative estimate of drug-likeness (QED) is 0.373. The Morgan fingerprint density at radius 3 is 2.53 bits per heavy atom. The van der Waals surface area contributed by atoms with E-state index < -0.39 is 9.96 Å². The van der Waals surface area contributed by atoms with E-state index in [1.165, 1.54) is 0 Å². The molecule has 6 nitrogen and oxygen atoms in total. The zero-order valence-corrected chi connectivity index (χ0v) is 20.2. The Morgan fingerprint density at radius 1 is 1.06 bits per heavy atom. The number of pyridine rings is 1. The second-order valence-electron chi connectivity index (χ2n) is 8.26. The first-order valence-corrected chi connectivity index (χ1v) is 11.9. The number of rotatable bonds is 4. The van der Waals surface area contributed by atoms with Gasteiger partial charge in [0.15, 0.2) is 5.11 Å². The monoisotopic (exact) mass is 512 g/mol. The van der Waals surface area contributed by atoms with Gasteiger partial charge in [-0.1, -0.05) is 71.2 Å². The molecule has 2 aliphatic rings. The molecule has 170 valence electrons. The summed E-state index contributed by atoms with van der Waals surface area (Å²) in [6.45, 7) is 2.00. The summed E-state index contributed by atoms with van der Waals surface area (Å²) in [5.74, 6) is 0.196. The van der Waals surface area contributed by atoms with Gasteiger partial charge in [0.1, 0.15) is 6.17 Å². The summed E-state index contributed by atoms with van der Waals surface area (Å²) >= 11 is 24.1.